The molecule has 4 rings (SSSR count). The van der Waals surface area contributed by atoms with E-state index in [0.29, 0.717) is 0 Å². The molecule has 0 aliphatic carbocycles. The first kappa shape index (κ1) is 16.9. The average molecular weight is 353 g/mol. The van der Waals surface area contributed by atoms with Gasteiger partial charge in [-0.25, -0.2) is 4.99 Å². The van der Waals surface area contributed by atoms with E-state index in [1.807, 2.05) is 97.1 Å². The maximum Gasteiger partial charge on any atom is 0.144 e. The maximum absolute atomic E-state index is 6.19. The van der Waals surface area contributed by atoms with Crippen LogP contribution in [0, 0.1) is 0 Å². The lowest BCUT2D eigenvalue weighted by Gasteiger charge is -2.07. The predicted octanol–water partition coefficient (Wildman–Crippen LogP) is 5.85. The molecule has 0 amide bonds. The van der Waals surface area contributed by atoms with Crippen LogP contribution >= 0.6 is 0 Å². The molecule has 3 aromatic carbocycles. The van der Waals surface area contributed by atoms with E-state index in [9.17, 15) is 0 Å². The number of benzene rings is 3. The van der Waals surface area contributed by atoms with Crippen molar-refractivity contribution in [1.29, 1.82) is 0 Å². The summed E-state index contributed by atoms with van der Waals surface area (Å²) in [5.74, 6) is 2.28. The van der Waals surface area contributed by atoms with Crippen molar-refractivity contribution in [2.24, 2.45) is 4.99 Å². The predicted molar refractivity (Wildman–Crippen MR) is 108 cm³/mol. The van der Waals surface area contributed by atoms with E-state index in [-0.39, 0.29) is 0 Å². The molecule has 27 heavy (non-hydrogen) atoms. The number of nitrogens with zero attached hydrogens (tertiary/aromatic N) is 1. The first-order valence-corrected chi connectivity index (χ1v) is 8.77. The average Bonchev–Trinajstić information content (AvgIpc) is 2.75. The summed E-state index contributed by atoms with van der Waals surface area (Å²) in [6.07, 6.45) is 0. The van der Waals surface area contributed by atoms with E-state index in [0.717, 1.165) is 39.4 Å². The summed E-state index contributed by atoms with van der Waals surface area (Å²) in [7, 11) is 1.65. The van der Waals surface area contributed by atoms with Crippen molar-refractivity contribution >= 4 is 5.69 Å². The molecule has 0 fully saturated rings. The zero-order chi connectivity index (χ0) is 18.5. The molecule has 0 spiro atoms. The van der Waals surface area contributed by atoms with E-state index < -0.39 is 0 Å². The number of methoxy groups -OCH3 is 1. The van der Waals surface area contributed by atoms with Gasteiger partial charge >= 0.3 is 0 Å². The van der Waals surface area contributed by atoms with Crippen molar-refractivity contribution in [1.82, 2.24) is 0 Å². The quantitative estimate of drug-likeness (QED) is 0.461. The molecule has 0 radical (unpaired) electrons. The molecule has 3 heteroatoms. The fraction of sp³-hybridized carbons (Fsp3) is 0.0417. The van der Waals surface area contributed by atoms with Crippen LogP contribution in [0.3, 0.4) is 0 Å². The summed E-state index contributed by atoms with van der Waals surface area (Å²) in [6, 6.07) is 31.7. The van der Waals surface area contributed by atoms with E-state index in [2.05, 4.69) is 0 Å². The summed E-state index contributed by atoms with van der Waals surface area (Å²) in [5.41, 5.74) is 2.79. The molecule has 0 N–H and O–H groups in total. The number of para-hydroxylation sites is 2. The molecule has 0 bridgehead atoms. The Morgan fingerprint density at radius 2 is 1.19 bits per heavy atom. The van der Waals surface area contributed by atoms with Gasteiger partial charge in [0, 0.05) is 23.3 Å². The third-order valence-electron chi connectivity index (χ3n) is 4.23. The SMILES string of the molecule is COc1ccccc1N=c1cc(-c2ccccc2)oc(-c2ccccc2)c1. The van der Waals surface area contributed by atoms with E-state index in [1.54, 1.807) is 7.11 Å². The lowest BCUT2D eigenvalue weighted by Crippen LogP contribution is -2.02. The van der Waals surface area contributed by atoms with Crippen LogP contribution in [0.4, 0.5) is 5.69 Å². The van der Waals surface area contributed by atoms with Gasteiger partial charge in [0.1, 0.15) is 23.0 Å². The first-order valence-electron chi connectivity index (χ1n) is 8.77. The Kier molecular flexibility index (Phi) is 4.84. The Labute approximate surface area is 158 Å². The molecule has 132 valence electrons. The fourth-order valence-corrected chi connectivity index (χ4v) is 2.90. The summed E-state index contributed by atoms with van der Waals surface area (Å²) in [5, 5.41) is 0.809. The van der Waals surface area contributed by atoms with Crippen molar-refractivity contribution in [3.05, 3.63) is 102 Å². The molecule has 1 heterocycles. The van der Waals surface area contributed by atoms with Crippen LogP contribution in [0.1, 0.15) is 0 Å². The topological polar surface area (TPSA) is 34.7 Å². The minimum absolute atomic E-state index is 0.737. The highest BCUT2D eigenvalue weighted by Crippen LogP contribution is 2.27. The van der Waals surface area contributed by atoms with Crippen molar-refractivity contribution in [2.45, 2.75) is 0 Å². The first-order chi connectivity index (χ1) is 13.3. The second-order valence-corrected chi connectivity index (χ2v) is 6.06. The van der Waals surface area contributed by atoms with Crippen LogP contribution in [-0.4, -0.2) is 7.11 Å². The van der Waals surface area contributed by atoms with Crippen LogP contribution in [-0.2, 0) is 0 Å². The Bertz CT molecular complexity index is 1040. The fourth-order valence-electron chi connectivity index (χ4n) is 2.90. The normalized spacial score (nSPS) is 10.4. The minimum atomic E-state index is 0.737. The maximum atomic E-state index is 6.19. The molecule has 0 saturated carbocycles. The standard InChI is InChI=1S/C24H19NO2/c1-26-22-15-9-8-14-21(22)25-20-16-23(18-10-4-2-5-11-18)27-24(17-20)19-12-6-3-7-13-19/h2-17H,1H3. The zero-order valence-corrected chi connectivity index (χ0v) is 15.0. The Hall–Kier alpha value is -3.59. The molecule has 1 aromatic heterocycles. The Morgan fingerprint density at radius 3 is 1.74 bits per heavy atom. The van der Waals surface area contributed by atoms with Crippen LogP contribution < -0.4 is 10.1 Å². The highest BCUT2D eigenvalue weighted by atomic mass is 16.5. The van der Waals surface area contributed by atoms with E-state index >= 15 is 0 Å². The number of hydrogen-bond acceptors (Lipinski definition) is 3. The molecule has 4 aromatic rings. The highest BCUT2D eigenvalue weighted by Gasteiger charge is 2.07. The third-order valence-corrected chi connectivity index (χ3v) is 4.23. The molecule has 0 atom stereocenters. The second-order valence-electron chi connectivity index (χ2n) is 6.06. The van der Waals surface area contributed by atoms with Crippen LogP contribution in [0.5, 0.6) is 5.75 Å². The van der Waals surface area contributed by atoms with Gasteiger partial charge in [0.25, 0.3) is 0 Å². The van der Waals surface area contributed by atoms with Gasteiger partial charge in [-0.1, -0.05) is 72.8 Å². The zero-order valence-electron chi connectivity index (χ0n) is 15.0. The van der Waals surface area contributed by atoms with Crippen LogP contribution in [0.15, 0.2) is 106 Å². The van der Waals surface area contributed by atoms with Gasteiger partial charge in [-0.15, -0.1) is 0 Å². The summed E-state index contributed by atoms with van der Waals surface area (Å²) in [6.45, 7) is 0. The largest absolute Gasteiger partial charge is 0.494 e. The van der Waals surface area contributed by atoms with Crippen molar-refractivity contribution in [2.75, 3.05) is 7.11 Å². The number of hydrogen-bond donors (Lipinski definition) is 0. The highest BCUT2D eigenvalue weighted by molar-refractivity contribution is 5.63. The van der Waals surface area contributed by atoms with Crippen molar-refractivity contribution < 1.29 is 9.15 Å². The van der Waals surface area contributed by atoms with Gasteiger partial charge in [0.05, 0.1) is 12.5 Å². The number of ether oxygens (including phenoxy) is 1. The van der Waals surface area contributed by atoms with Gasteiger partial charge in [-0.2, -0.15) is 0 Å². The van der Waals surface area contributed by atoms with Gasteiger partial charge < -0.3 is 9.15 Å². The minimum Gasteiger partial charge on any atom is -0.494 e. The van der Waals surface area contributed by atoms with Gasteiger partial charge in [-0.3, -0.25) is 0 Å². The molecule has 3 nitrogen and oxygen atoms in total. The monoisotopic (exact) mass is 353 g/mol. The Balaban J connectivity index is 1.92. The summed E-state index contributed by atoms with van der Waals surface area (Å²) < 4.78 is 11.6. The molecule has 0 unspecified atom stereocenters. The summed E-state index contributed by atoms with van der Waals surface area (Å²) >= 11 is 0. The van der Waals surface area contributed by atoms with Gasteiger partial charge in [-0.05, 0) is 12.1 Å². The number of rotatable bonds is 4. The summed E-state index contributed by atoms with van der Waals surface area (Å²) in [4.78, 5) is 4.80. The molecular weight excluding hydrogens is 334 g/mol. The lowest BCUT2D eigenvalue weighted by molar-refractivity contribution is 0.416. The smallest absolute Gasteiger partial charge is 0.144 e. The van der Waals surface area contributed by atoms with Crippen LogP contribution in [0.2, 0.25) is 0 Å². The van der Waals surface area contributed by atoms with Crippen molar-refractivity contribution in [3.8, 4) is 28.4 Å². The van der Waals surface area contributed by atoms with E-state index in [4.69, 9.17) is 14.1 Å². The second kappa shape index (κ2) is 7.75. The molecular formula is C24H19NO2. The molecule has 0 saturated heterocycles. The van der Waals surface area contributed by atoms with Gasteiger partial charge in [0.2, 0.25) is 0 Å². The molecule has 0 aliphatic rings. The van der Waals surface area contributed by atoms with Gasteiger partial charge in [0.15, 0.2) is 0 Å². The van der Waals surface area contributed by atoms with E-state index in [1.165, 1.54) is 0 Å². The van der Waals surface area contributed by atoms with Crippen molar-refractivity contribution in [3.63, 3.8) is 0 Å². The third kappa shape index (κ3) is 3.82. The Morgan fingerprint density at radius 1 is 0.667 bits per heavy atom. The molecule has 0 aliphatic heterocycles. The lowest BCUT2D eigenvalue weighted by atomic mass is 10.1. The van der Waals surface area contributed by atoms with Crippen LogP contribution in [0.25, 0.3) is 22.6 Å².